The molecule has 5 heteroatoms. The zero-order chi connectivity index (χ0) is 13.1. The maximum absolute atomic E-state index is 6.03. The molecule has 4 nitrogen and oxygen atoms in total. The van der Waals surface area contributed by atoms with Crippen molar-refractivity contribution in [2.75, 3.05) is 24.3 Å². The van der Waals surface area contributed by atoms with Crippen molar-refractivity contribution < 1.29 is 0 Å². The van der Waals surface area contributed by atoms with Gasteiger partial charge in [-0.2, -0.15) is 0 Å². The van der Waals surface area contributed by atoms with Crippen LogP contribution in [0.4, 0.5) is 11.4 Å². The van der Waals surface area contributed by atoms with Gasteiger partial charge in [0.25, 0.3) is 0 Å². The van der Waals surface area contributed by atoms with E-state index >= 15 is 0 Å². The summed E-state index contributed by atoms with van der Waals surface area (Å²) in [7, 11) is 6.00. The first-order valence-corrected chi connectivity index (χ1v) is 6.12. The second-order valence-electron chi connectivity index (χ2n) is 4.36. The van der Waals surface area contributed by atoms with Crippen LogP contribution >= 0.6 is 11.6 Å². The first-order valence-electron chi connectivity index (χ1n) is 5.75. The van der Waals surface area contributed by atoms with E-state index in [1.807, 2.05) is 50.1 Å². The van der Waals surface area contributed by atoms with Crippen molar-refractivity contribution in [2.24, 2.45) is 7.05 Å². The Hall–Kier alpha value is -1.68. The van der Waals surface area contributed by atoms with Gasteiger partial charge >= 0.3 is 0 Å². The molecule has 1 aromatic carbocycles. The summed E-state index contributed by atoms with van der Waals surface area (Å²) >= 11 is 6.03. The van der Waals surface area contributed by atoms with E-state index in [0.717, 1.165) is 22.2 Å². The fourth-order valence-corrected chi connectivity index (χ4v) is 1.95. The molecule has 1 aromatic heterocycles. The number of imidazole rings is 1. The summed E-state index contributed by atoms with van der Waals surface area (Å²) in [5.41, 5.74) is 2.11. The molecule has 0 atom stereocenters. The van der Waals surface area contributed by atoms with Crippen LogP contribution in [0.3, 0.4) is 0 Å². The van der Waals surface area contributed by atoms with E-state index in [4.69, 9.17) is 11.6 Å². The molecule has 0 spiro atoms. The molecule has 2 aromatic rings. The first kappa shape index (κ1) is 12.8. The Morgan fingerprint density at radius 3 is 2.78 bits per heavy atom. The highest BCUT2D eigenvalue weighted by Crippen LogP contribution is 2.28. The Bertz CT molecular complexity index is 534. The number of aromatic nitrogens is 2. The van der Waals surface area contributed by atoms with Crippen LogP contribution in [0.2, 0.25) is 5.02 Å². The van der Waals surface area contributed by atoms with Crippen LogP contribution < -0.4 is 10.2 Å². The summed E-state index contributed by atoms with van der Waals surface area (Å²) in [5.74, 6) is 0.986. The minimum Gasteiger partial charge on any atom is -0.376 e. The average molecular weight is 265 g/mol. The molecular formula is C13H17ClN4. The summed E-state index contributed by atoms with van der Waals surface area (Å²) in [6.07, 6.45) is 3.73. The third-order valence-electron chi connectivity index (χ3n) is 2.80. The second kappa shape index (κ2) is 5.31. The van der Waals surface area contributed by atoms with Crippen molar-refractivity contribution in [3.63, 3.8) is 0 Å². The number of anilines is 2. The van der Waals surface area contributed by atoms with Gasteiger partial charge in [0.1, 0.15) is 5.82 Å². The van der Waals surface area contributed by atoms with Gasteiger partial charge in [-0.3, -0.25) is 0 Å². The first-order chi connectivity index (χ1) is 8.58. The predicted molar refractivity (Wildman–Crippen MR) is 76.3 cm³/mol. The zero-order valence-electron chi connectivity index (χ0n) is 10.8. The van der Waals surface area contributed by atoms with E-state index in [9.17, 15) is 0 Å². The van der Waals surface area contributed by atoms with E-state index in [1.165, 1.54) is 0 Å². The van der Waals surface area contributed by atoms with Crippen molar-refractivity contribution in [2.45, 2.75) is 6.54 Å². The molecule has 0 radical (unpaired) electrons. The molecule has 0 aliphatic carbocycles. The minimum absolute atomic E-state index is 0.671. The minimum atomic E-state index is 0.671. The summed E-state index contributed by atoms with van der Waals surface area (Å²) in [6.45, 7) is 0.671. The molecule has 18 heavy (non-hydrogen) atoms. The molecular weight excluding hydrogens is 248 g/mol. The van der Waals surface area contributed by atoms with E-state index in [2.05, 4.69) is 15.2 Å². The van der Waals surface area contributed by atoms with Gasteiger partial charge in [0.2, 0.25) is 0 Å². The molecule has 0 bridgehead atoms. The summed E-state index contributed by atoms with van der Waals surface area (Å²) < 4.78 is 1.99. The molecule has 0 unspecified atom stereocenters. The lowest BCUT2D eigenvalue weighted by atomic mass is 10.2. The smallest absolute Gasteiger partial charge is 0.127 e. The lowest BCUT2D eigenvalue weighted by Gasteiger charge is -2.18. The van der Waals surface area contributed by atoms with Gasteiger partial charge < -0.3 is 14.8 Å². The molecule has 1 N–H and O–H groups in total. The van der Waals surface area contributed by atoms with Gasteiger partial charge in [-0.15, -0.1) is 0 Å². The highest BCUT2D eigenvalue weighted by atomic mass is 35.5. The molecule has 0 saturated carbocycles. The molecule has 2 rings (SSSR count). The zero-order valence-corrected chi connectivity index (χ0v) is 11.6. The van der Waals surface area contributed by atoms with Crippen LogP contribution in [0.25, 0.3) is 0 Å². The largest absolute Gasteiger partial charge is 0.376 e. The van der Waals surface area contributed by atoms with Crippen LogP contribution in [-0.2, 0) is 13.6 Å². The van der Waals surface area contributed by atoms with Gasteiger partial charge in [-0.1, -0.05) is 11.6 Å². The number of benzene rings is 1. The van der Waals surface area contributed by atoms with Crippen molar-refractivity contribution in [1.29, 1.82) is 0 Å². The van der Waals surface area contributed by atoms with Crippen LogP contribution in [0.1, 0.15) is 5.82 Å². The van der Waals surface area contributed by atoms with E-state index in [0.29, 0.717) is 6.54 Å². The van der Waals surface area contributed by atoms with Crippen molar-refractivity contribution in [3.05, 3.63) is 41.4 Å². The maximum Gasteiger partial charge on any atom is 0.127 e. The monoisotopic (exact) mass is 264 g/mol. The van der Waals surface area contributed by atoms with Crippen LogP contribution in [0.5, 0.6) is 0 Å². The van der Waals surface area contributed by atoms with Gasteiger partial charge in [0.15, 0.2) is 0 Å². The summed E-state index contributed by atoms with van der Waals surface area (Å²) in [4.78, 5) is 6.33. The van der Waals surface area contributed by atoms with E-state index in [1.54, 1.807) is 6.20 Å². The lowest BCUT2D eigenvalue weighted by molar-refractivity contribution is 0.812. The SMILES string of the molecule is CN(C)c1ccc(Cl)cc1NCc1nccn1C. The number of nitrogens with one attached hydrogen (secondary N) is 1. The standard InChI is InChI=1S/C13H17ClN4/c1-17(2)12-5-4-10(14)8-11(12)16-9-13-15-6-7-18(13)3/h4-8,16H,9H2,1-3H3. The highest BCUT2D eigenvalue weighted by molar-refractivity contribution is 6.31. The molecule has 0 aliphatic heterocycles. The Labute approximate surface area is 112 Å². The van der Waals surface area contributed by atoms with Crippen molar-refractivity contribution in [1.82, 2.24) is 9.55 Å². The number of hydrogen-bond donors (Lipinski definition) is 1. The average Bonchev–Trinajstić information content (AvgIpc) is 2.72. The topological polar surface area (TPSA) is 33.1 Å². The van der Waals surface area contributed by atoms with Gasteiger partial charge in [-0.25, -0.2) is 4.98 Å². The Balaban J connectivity index is 2.18. The molecule has 0 saturated heterocycles. The van der Waals surface area contributed by atoms with Crippen LogP contribution in [0.15, 0.2) is 30.6 Å². The number of hydrogen-bond acceptors (Lipinski definition) is 3. The normalized spacial score (nSPS) is 10.4. The summed E-state index contributed by atoms with van der Waals surface area (Å²) in [5, 5.41) is 4.09. The van der Waals surface area contributed by atoms with Crippen molar-refractivity contribution >= 4 is 23.0 Å². The predicted octanol–water partition coefficient (Wildman–Crippen LogP) is 2.75. The molecule has 1 heterocycles. The number of halogens is 1. The maximum atomic E-state index is 6.03. The third-order valence-corrected chi connectivity index (χ3v) is 3.03. The fraction of sp³-hybridized carbons (Fsp3) is 0.308. The second-order valence-corrected chi connectivity index (χ2v) is 4.80. The Morgan fingerprint density at radius 2 is 2.17 bits per heavy atom. The van der Waals surface area contributed by atoms with Gasteiger partial charge in [-0.05, 0) is 18.2 Å². The Morgan fingerprint density at radius 1 is 1.39 bits per heavy atom. The molecule has 0 fully saturated rings. The molecule has 0 amide bonds. The van der Waals surface area contributed by atoms with E-state index in [-0.39, 0.29) is 0 Å². The third kappa shape index (κ3) is 2.76. The molecule has 96 valence electrons. The van der Waals surface area contributed by atoms with Gasteiger partial charge in [0, 0.05) is 38.6 Å². The number of rotatable bonds is 4. The van der Waals surface area contributed by atoms with Crippen molar-refractivity contribution in [3.8, 4) is 0 Å². The van der Waals surface area contributed by atoms with E-state index < -0.39 is 0 Å². The highest BCUT2D eigenvalue weighted by Gasteiger charge is 2.06. The molecule has 0 aliphatic rings. The van der Waals surface area contributed by atoms with Gasteiger partial charge in [0.05, 0.1) is 17.9 Å². The quantitative estimate of drug-likeness (QED) is 0.922. The summed E-state index contributed by atoms with van der Waals surface area (Å²) in [6, 6.07) is 5.83. The number of nitrogens with zero attached hydrogens (tertiary/aromatic N) is 3. The Kier molecular flexibility index (Phi) is 3.77. The number of aryl methyl sites for hydroxylation is 1. The van der Waals surface area contributed by atoms with Crippen LogP contribution in [-0.4, -0.2) is 23.6 Å². The van der Waals surface area contributed by atoms with Crippen LogP contribution in [0, 0.1) is 0 Å². The lowest BCUT2D eigenvalue weighted by Crippen LogP contribution is -2.13. The fourth-order valence-electron chi connectivity index (χ4n) is 1.78.